The van der Waals surface area contributed by atoms with E-state index < -0.39 is 5.60 Å². The number of amides is 1. The molecule has 1 aliphatic heterocycles. The van der Waals surface area contributed by atoms with Crippen molar-refractivity contribution >= 4 is 28.6 Å². The molecule has 196 valence electrons. The number of aromatic nitrogens is 4. The van der Waals surface area contributed by atoms with Crippen molar-refractivity contribution in [3.63, 3.8) is 0 Å². The molecule has 1 saturated heterocycles. The van der Waals surface area contributed by atoms with E-state index in [-0.39, 0.29) is 12.1 Å². The van der Waals surface area contributed by atoms with E-state index in [2.05, 4.69) is 46.6 Å². The zero-order chi connectivity index (χ0) is 26.7. The molecule has 10 nitrogen and oxygen atoms in total. The van der Waals surface area contributed by atoms with Crippen molar-refractivity contribution in [3.8, 4) is 11.9 Å². The molecule has 1 fully saturated rings. The van der Waals surface area contributed by atoms with Crippen molar-refractivity contribution in [2.75, 3.05) is 42.5 Å². The van der Waals surface area contributed by atoms with Crippen molar-refractivity contribution in [1.82, 2.24) is 24.4 Å². The first-order valence-corrected chi connectivity index (χ1v) is 12.9. The molecule has 0 aliphatic carbocycles. The molecular weight excluding hydrogens is 468 g/mol. The third kappa shape index (κ3) is 5.45. The maximum atomic E-state index is 12.7. The molecule has 3 aromatic rings. The quantitative estimate of drug-likeness (QED) is 0.488. The average Bonchev–Trinajstić information content (AvgIpc) is 3.26. The van der Waals surface area contributed by atoms with Crippen molar-refractivity contribution in [2.45, 2.75) is 59.6 Å². The van der Waals surface area contributed by atoms with Crippen LogP contribution in [0.3, 0.4) is 0 Å². The molecule has 0 radical (unpaired) electrons. The summed E-state index contributed by atoms with van der Waals surface area (Å²) in [5.41, 5.74) is 1.77. The lowest BCUT2D eigenvalue weighted by molar-refractivity contribution is 0.0218. The maximum absolute atomic E-state index is 12.7. The Morgan fingerprint density at radius 1 is 1.24 bits per heavy atom. The standard InChI is InChI=1S/C27H36N8O2/c1-7-11-32(8-2)21-17-35(22-14-20(15-28)9-10-29-22)25-23(21)24(30-18-31-25)34-13-12-33(16-19(34)3)26(36)37-27(4,5)6/h9-10,14,17-19H,7-8,11-13,16H2,1-6H3/t19-/m0/s1. The number of ether oxygens (including phenoxy) is 1. The molecule has 4 rings (SSSR count). The fourth-order valence-corrected chi connectivity index (χ4v) is 4.76. The Kier molecular flexibility index (Phi) is 7.52. The van der Waals surface area contributed by atoms with Crippen LogP contribution in [0.15, 0.2) is 30.9 Å². The second-order valence-corrected chi connectivity index (χ2v) is 10.3. The van der Waals surface area contributed by atoms with Crippen LogP contribution < -0.4 is 9.80 Å². The van der Waals surface area contributed by atoms with Crippen LogP contribution >= 0.6 is 0 Å². The van der Waals surface area contributed by atoms with E-state index in [4.69, 9.17) is 9.72 Å². The molecule has 1 amide bonds. The number of nitriles is 1. The van der Waals surface area contributed by atoms with Crippen molar-refractivity contribution < 1.29 is 9.53 Å². The lowest BCUT2D eigenvalue weighted by Crippen LogP contribution is -2.54. The van der Waals surface area contributed by atoms with Gasteiger partial charge in [-0.2, -0.15) is 5.26 Å². The number of carbonyl (C=O) groups excluding carboxylic acids is 1. The Balaban J connectivity index is 1.78. The molecule has 0 spiro atoms. The van der Waals surface area contributed by atoms with Crippen molar-refractivity contribution in [2.24, 2.45) is 0 Å². The second kappa shape index (κ2) is 10.6. The van der Waals surface area contributed by atoms with E-state index in [9.17, 15) is 10.1 Å². The summed E-state index contributed by atoms with van der Waals surface area (Å²) in [6.07, 6.45) is 5.98. The number of carbonyl (C=O) groups is 1. The Morgan fingerprint density at radius 3 is 2.68 bits per heavy atom. The molecule has 0 saturated carbocycles. The van der Waals surface area contributed by atoms with Gasteiger partial charge in [0, 0.05) is 51.2 Å². The monoisotopic (exact) mass is 504 g/mol. The Hall–Kier alpha value is -3.87. The summed E-state index contributed by atoms with van der Waals surface area (Å²) in [6.45, 7) is 15.5. The molecule has 0 bridgehead atoms. The largest absolute Gasteiger partial charge is 0.444 e. The van der Waals surface area contributed by atoms with Crippen LogP contribution in [0.4, 0.5) is 16.3 Å². The van der Waals surface area contributed by atoms with E-state index in [1.807, 2.05) is 31.5 Å². The SMILES string of the molecule is CCCN(CC)c1cn(-c2cc(C#N)ccn2)c2ncnc(N3CCN(C(=O)OC(C)(C)C)C[C@@H]3C)c12. The number of hydrogen-bond donors (Lipinski definition) is 0. The Morgan fingerprint density at radius 2 is 2.03 bits per heavy atom. The fraction of sp³-hybridized carbons (Fsp3) is 0.519. The molecule has 1 aliphatic rings. The van der Waals surface area contributed by atoms with E-state index in [1.54, 1.807) is 29.6 Å². The zero-order valence-corrected chi connectivity index (χ0v) is 22.6. The van der Waals surface area contributed by atoms with Crippen LogP contribution in [-0.4, -0.2) is 74.9 Å². The van der Waals surface area contributed by atoms with Gasteiger partial charge in [0.05, 0.1) is 22.7 Å². The van der Waals surface area contributed by atoms with E-state index in [1.165, 1.54) is 0 Å². The Labute approximate surface area is 218 Å². The van der Waals surface area contributed by atoms with Gasteiger partial charge in [-0.15, -0.1) is 0 Å². The van der Waals surface area contributed by atoms with Crippen LogP contribution in [0.5, 0.6) is 0 Å². The number of piperazine rings is 1. The average molecular weight is 505 g/mol. The van der Waals surface area contributed by atoms with Crippen molar-refractivity contribution in [3.05, 3.63) is 36.4 Å². The van der Waals surface area contributed by atoms with Crippen molar-refractivity contribution in [1.29, 1.82) is 5.26 Å². The highest BCUT2D eigenvalue weighted by Crippen LogP contribution is 2.37. The number of nitrogens with zero attached hydrogens (tertiary/aromatic N) is 8. The molecule has 0 unspecified atom stereocenters. The van der Waals surface area contributed by atoms with Crippen LogP contribution in [0, 0.1) is 11.3 Å². The molecule has 0 N–H and O–H groups in total. The minimum Gasteiger partial charge on any atom is -0.444 e. The number of fused-ring (bicyclic) bond motifs is 1. The van der Waals surface area contributed by atoms with Crippen LogP contribution in [-0.2, 0) is 4.74 Å². The van der Waals surface area contributed by atoms with Gasteiger partial charge in [-0.25, -0.2) is 19.7 Å². The van der Waals surface area contributed by atoms with Gasteiger partial charge in [-0.05, 0) is 53.2 Å². The molecule has 3 aromatic heterocycles. The molecule has 4 heterocycles. The summed E-state index contributed by atoms with van der Waals surface area (Å²) >= 11 is 0. The highest BCUT2D eigenvalue weighted by Gasteiger charge is 2.32. The summed E-state index contributed by atoms with van der Waals surface area (Å²) < 4.78 is 7.54. The number of rotatable bonds is 6. The number of hydrogen-bond acceptors (Lipinski definition) is 8. The Bertz CT molecular complexity index is 1310. The molecule has 10 heteroatoms. The lowest BCUT2D eigenvalue weighted by Gasteiger charge is -2.41. The highest BCUT2D eigenvalue weighted by molar-refractivity contribution is 6.00. The molecular formula is C27H36N8O2. The van der Waals surface area contributed by atoms with Gasteiger partial charge in [0.25, 0.3) is 0 Å². The lowest BCUT2D eigenvalue weighted by atomic mass is 10.1. The van der Waals surface area contributed by atoms with Gasteiger partial charge in [0.1, 0.15) is 23.6 Å². The predicted octanol–water partition coefficient (Wildman–Crippen LogP) is 4.37. The fourth-order valence-electron chi connectivity index (χ4n) is 4.76. The third-order valence-corrected chi connectivity index (χ3v) is 6.43. The smallest absolute Gasteiger partial charge is 0.410 e. The zero-order valence-electron chi connectivity index (χ0n) is 22.6. The van der Waals surface area contributed by atoms with Crippen LogP contribution in [0.1, 0.15) is 53.5 Å². The maximum Gasteiger partial charge on any atom is 0.410 e. The summed E-state index contributed by atoms with van der Waals surface area (Å²) in [5.74, 6) is 1.47. The van der Waals surface area contributed by atoms with Crippen LogP contribution in [0.25, 0.3) is 16.9 Å². The first-order chi connectivity index (χ1) is 17.7. The summed E-state index contributed by atoms with van der Waals surface area (Å²) in [5, 5.41) is 10.4. The van der Waals surface area contributed by atoms with E-state index >= 15 is 0 Å². The van der Waals surface area contributed by atoms with Gasteiger partial charge >= 0.3 is 6.09 Å². The van der Waals surface area contributed by atoms with Crippen LogP contribution in [0.2, 0.25) is 0 Å². The number of pyridine rings is 1. The molecule has 1 atom stereocenters. The first kappa shape index (κ1) is 26.2. The summed E-state index contributed by atoms with van der Waals surface area (Å²) in [6, 6.07) is 5.68. The minimum absolute atomic E-state index is 0.0249. The number of anilines is 2. The summed E-state index contributed by atoms with van der Waals surface area (Å²) in [7, 11) is 0. The summed E-state index contributed by atoms with van der Waals surface area (Å²) in [4.78, 5) is 33.0. The third-order valence-electron chi connectivity index (χ3n) is 6.43. The topological polar surface area (TPSA) is 103 Å². The van der Waals surface area contributed by atoms with Gasteiger partial charge in [0.15, 0.2) is 5.65 Å². The molecule has 37 heavy (non-hydrogen) atoms. The van der Waals surface area contributed by atoms with Gasteiger partial charge < -0.3 is 19.4 Å². The van der Waals surface area contributed by atoms with E-state index in [0.717, 1.165) is 42.0 Å². The normalized spacial score (nSPS) is 16.1. The second-order valence-electron chi connectivity index (χ2n) is 10.3. The predicted molar refractivity (Wildman–Crippen MR) is 144 cm³/mol. The van der Waals surface area contributed by atoms with Gasteiger partial charge in [0.2, 0.25) is 0 Å². The highest BCUT2D eigenvalue weighted by atomic mass is 16.6. The minimum atomic E-state index is -0.534. The first-order valence-electron chi connectivity index (χ1n) is 12.9. The van der Waals surface area contributed by atoms with Gasteiger partial charge in [-0.3, -0.25) is 4.57 Å². The van der Waals surface area contributed by atoms with E-state index in [0.29, 0.717) is 31.0 Å². The molecule has 0 aromatic carbocycles. The van der Waals surface area contributed by atoms with Gasteiger partial charge in [-0.1, -0.05) is 6.92 Å².